The van der Waals surface area contributed by atoms with E-state index in [1.807, 2.05) is 26.8 Å². The van der Waals surface area contributed by atoms with Gasteiger partial charge in [-0.2, -0.15) is 0 Å². The van der Waals surface area contributed by atoms with Gasteiger partial charge in [0.05, 0.1) is 6.10 Å². The Kier molecular flexibility index (Phi) is 4.75. The van der Waals surface area contributed by atoms with Gasteiger partial charge in [0.2, 0.25) is 0 Å². The molecule has 1 aromatic heterocycles. The molecule has 1 amide bonds. The van der Waals surface area contributed by atoms with Crippen molar-refractivity contribution in [3.63, 3.8) is 0 Å². The van der Waals surface area contributed by atoms with Crippen molar-refractivity contribution >= 4 is 5.91 Å². The smallest absolute Gasteiger partial charge is 0.287 e. The third kappa shape index (κ3) is 3.60. The fourth-order valence-corrected chi connectivity index (χ4v) is 1.62. The molecule has 0 aromatic carbocycles. The summed E-state index contributed by atoms with van der Waals surface area (Å²) in [5.41, 5.74) is 0.818. The first-order chi connectivity index (χ1) is 7.95. The molecule has 1 rings (SSSR count). The second kappa shape index (κ2) is 5.87. The van der Waals surface area contributed by atoms with E-state index in [9.17, 15) is 9.90 Å². The number of aryl methyl sites for hydroxylation is 2. The van der Waals surface area contributed by atoms with E-state index in [-0.39, 0.29) is 18.4 Å². The van der Waals surface area contributed by atoms with Gasteiger partial charge in [-0.15, -0.1) is 0 Å². The molecule has 2 N–H and O–H groups in total. The lowest BCUT2D eigenvalue weighted by atomic mass is 10.0. The van der Waals surface area contributed by atoms with Crippen molar-refractivity contribution in [1.82, 2.24) is 5.32 Å². The zero-order chi connectivity index (χ0) is 13.0. The Morgan fingerprint density at radius 1 is 1.53 bits per heavy atom. The van der Waals surface area contributed by atoms with Crippen molar-refractivity contribution < 1.29 is 14.3 Å². The minimum absolute atomic E-state index is 0.176. The number of nitrogens with one attached hydrogen (secondary N) is 1. The molecular formula is C13H21NO3. The Bertz CT molecular complexity index is 384. The summed E-state index contributed by atoms with van der Waals surface area (Å²) in [6.07, 6.45) is 0.371. The molecule has 2 unspecified atom stereocenters. The number of aliphatic hydroxyl groups excluding tert-OH is 1. The highest BCUT2D eigenvalue weighted by molar-refractivity contribution is 5.92. The molecule has 4 heteroatoms. The molecular weight excluding hydrogens is 218 g/mol. The molecule has 1 aromatic rings. The zero-order valence-electron chi connectivity index (χ0n) is 10.9. The maximum atomic E-state index is 11.8. The summed E-state index contributed by atoms with van der Waals surface area (Å²) in [4.78, 5) is 11.8. The van der Waals surface area contributed by atoms with Crippen molar-refractivity contribution in [3.8, 4) is 0 Å². The van der Waals surface area contributed by atoms with Crippen LogP contribution in [0.5, 0.6) is 0 Å². The predicted molar refractivity (Wildman–Crippen MR) is 66.0 cm³/mol. The summed E-state index contributed by atoms with van der Waals surface area (Å²) in [7, 11) is 0. The molecule has 0 aliphatic heterocycles. The molecule has 0 bridgehead atoms. The van der Waals surface area contributed by atoms with Crippen molar-refractivity contribution in [2.45, 2.75) is 40.2 Å². The van der Waals surface area contributed by atoms with E-state index in [4.69, 9.17) is 4.42 Å². The number of furan rings is 1. The first kappa shape index (κ1) is 13.8. The van der Waals surface area contributed by atoms with Gasteiger partial charge in [0.1, 0.15) is 5.76 Å². The third-order valence-corrected chi connectivity index (χ3v) is 3.02. The van der Waals surface area contributed by atoms with E-state index in [0.717, 1.165) is 17.7 Å². The van der Waals surface area contributed by atoms with Gasteiger partial charge >= 0.3 is 0 Å². The van der Waals surface area contributed by atoms with Gasteiger partial charge in [0, 0.05) is 12.1 Å². The van der Waals surface area contributed by atoms with Crippen LogP contribution in [0.2, 0.25) is 0 Å². The van der Waals surface area contributed by atoms with Gasteiger partial charge in [0.25, 0.3) is 5.91 Å². The fraction of sp³-hybridized carbons (Fsp3) is 0.615. The van der Waals surface area contributed by atoms with Gasteiger partial charge in [-0.1, -0.05) is 20.3 Å². The highest BCUT2D eigenvalue weighted by Gasteiger charge is 2.17. The third-order valence-electron chi connectivity index (χ3n) is 3.02. The summed E-state index contributed by atoms with van der Waals surface area (Å²) in [5, 5.41) is 12.4. The lowest BCUT2D eigenvalue weighted by molar-refractivity contribution is 0.0825. The lowest BCUT2D eigenvalue weighted by Crippen LogP contribution is -2.35. The van der Waals surface area contributed by atoms with E-state index in [1.165, 1.54) is 0 Å². The number of carbonyl (C=O) groups excluding carboxylic acids is 1. The van der Waals surface area contributed by atoms with Crippen LogP contribution in [-0.4, -0.2) is 23.7 Å². The highest BCUT2D eigenvalue weighted by atomic mass is 16.3. The molecule has 4 nitrogen and oxygen atoms in total. The first-order valence-corrected chi connectivity index (χ1v) is 5.99. The van der Waals surface area contributed by atoms with Crippen LogP contribution in [0.15, 0.2) is 10.5 Å². The number of rotatable bonds is 5. The number of carbonyl (C=O) groups is 1. The average Bonchev–Trinajstić information content (AvgIpc) is 2.63. The fourth-order valence-electron chi connectivity index (χ4n) is 1.62. The van der Waals surface area contributed by atoms with E-state index in [0.29, 0.717) is 5.76 Å². The molecule has 0 radical (unpaired) electrons. The lowest BCUT2D eigenvalue weighted by Gasteiger charge is -2.17. The topological polar surface area (TPSA) is 62.5 Å². The summed E-state index contributed by atoms with van der Waals surface area (Å²) in [5.74, 6) is 0.960. The van der Waals surface area contributed by atoms with Crippen LogP contribution in [0.25, 0.3) is 0 Å². The minimum atomic E-state index is -0.514. The minimum Gasteiger partial charge on any atom is -0.456 e. The average molecular weight is 239 g/mol. The van der Waals surface area contributed by atoms with Crippen molar-refractivity contribution in [2.24, 2.45) is 5.92 Å². The molecule has 0 fully saturated rings. The second-order valence-corrected chi connectivity index (χ2v) is 4.53. The molecule has 0 aliphatic rings. The summed E-state index contributed by atoms with van der Waals surface area (Å²) in [6, 6.07) is 1.82. The van der Waals surface area contributed by atoms with Gasteiger partial charge < -0.3 is 14.8 Å². The Balaban J connectivity index is 2.53. The maximum absolute atomic E-state index is 11.8. The Morgan fingerprint density at radius 2 is 2.18 bits per heavy atom. The van der Waals surface area contributed by atoms with Gasteiger partial charge in [0.15, 0.2) is 5.76 Å². The number of hydrogen-bond acceptors (Lipinski definition) is 3. The van der Waals surface area contributed by atoms with Gasteiger partial charge in [-0.3, -0.25) is 4.79 Å². The molecule has 17 heavy (non-hydrogen) atoms. The van der Waals surface area contributed by atoms with Crippen molar-refractivity contribution in [1.29, 1.82) is 0 Å². The monoisotopic (exact) mass is 239 g/mol. The maximum Gasteiger partial charge on any atom is 0.287 e. The van der Waals surface area contributed by atoms with Crippen LogP contribution in [0.1, 0.15) is 42.1 Å². The van der Waals surface area contributed by atoms with E-state index in [1.54, 1.807) is 6.92 Å². The van der Waals surface area contributed by atoms with Crippen molar-refractivity contribution in [3.05, 3.63) is 23.2 Å². The SMILES string of the molecule is CCC(C)C(O)CNC(=O)c1oc(C)cc1C. The quantitative estimate of drug-likeness (QED) is 0.826. The van der Waals surface area contributed by atoms with Gasteiger partial charge in [-0.05, 0) is 25.8 Å². The van der Waals surface area contributed by atoms with Crippen molar-refractivity contribution in [2.75, 3.05) is 6.54 Å². The highest BCUT2D eigenvalue weighted by Crippen LogP contribution is 2.13. The molecule has 0 aliphatic carbocycles. The molecule has 1 heterocycles. The van der Waals surface area contributed by atoms with Crippen LogP contribution in [0, 0.1) is 19.8 Å². The van der Waals surface area contributed by atoms with Crippen LogP contribution in [0.4, 0.5) is 0 Å². The molecule has 0 saturated carbocycles. The largest absolute Gasteiger partial charge is 0.456 e. The summed E-state index contributed by atoms with van der Waals surface area (Å²) < 4.78 is 5.30. The second-order valence-electron chi connectivity index (χ2n) is 4.53. The van der Waals surface area contributed by atoms with Crippen LogP contribution < -0.4 is 5.32 Å². The van der Waals surface area contributed by atoms with E-state index >= 15 is 0 Å². The molecule has 2 atom stereocenters. The number of amides is 1. The van der Waals surface area contributed by atoms with Crippen LogP contribution in [-0.2, 0) is 0 Å². The normalized spacial score (nSPS) is 14.4. The number of hydrogen-bond donors (Lipinski definition) is 2. The van der Waals surface area contributed by atoms with E-state index in [2.05, 4.69) is 5.32 Å². The summed E-state index contributed by atoms with van der Waals surface area (Å²) >= 11 is 0. The molecule has 0 spiro atoms. The Hall–Kier alpha value is -1.29. The van der Waals surface area contributed by atoms with E-state index < -0.39 is 6.10 Å². The van der Waals surface area contributed by atoms with Crippen LogP contribution >= 0.6 is 0 Å². The Labute approximate surface area is 102 Å². The first-order valence-electron chi connectivity index (χ1n) is 5.99. The summed E-state index contributed by atoms with van der Waals surface area (Å²) in [6.45, 7) is 7.86. The number of aliphatic hydroxyl groups is 1. The van der Waals surface area contributed by atoms with Gasteiger partial charge in [-0.25, -0.2) is 0 Å². The predicted octanol–water partition coefficient (Wildman–Crippen LogP) is 2.03. The Morgan fingerprint density at radius 3 is 2.65 bits per heavy atom. The molecule has 0 saturated heterocycles. The zero-order valence-corrected chi connectivity index (χ0v) is 10.9. The van der Waals surface area contributed by atoms with Crippen LogP contribution in [0.3, 0.4) is 0 Å². The molecule has 96 valence electrons. The standard InChI is InChI=1S/C13H21NO3/c1-5-8(2)11(15)7-14-13(16)12-9(3)6-10(4)17-12/h6,8,11,15H,5,7H2,1-4H3,(H,14,16).